The summed E-state index contributed by atoms with van der Waals surface area (Å²) in [6.45, 7) is -1.58. The van der Waals surface area contributed by atoms with E-state index in [0.29, 0.717) is 42.0 Å². The number of halogens is 5. The quantitative estimate of drug-likeness (QED) is 0.281. The summed E-state index contributed by atoms with van der Waals surface area (Å²) in [5.41, 5.74) is -0.218. The van der Waals surface area contributed by atoms with Crippen LogP contribution in [-0.2, 0) is 35.1 Å². The van der Waals surface area contributed by atoms with Gasteiger partial charge in [0, 0.05) is 31.0 Å². The molecule has 0 aromatic heterocycles. The maximum Gasteiger partial charge on any atom is 0.412 e. The Morgan fingerprint density at radius 2 is 2.03 bits per heavy atom. The van der Waals surface area contributed by atoms with Crippen LogP contribution in [0.5, 0.6) is 0 Å². The standard InChI is InChI=1S/C21H24Cl2F3O5PS/c1-12-7-14(22)8-15(23)16(12)17-18(31-32(3,33)29-11-21(24,25)26)20(30-19(17)27)6-4-5-13(9-20)10-28-2/h7-8,13H,4-6,9-11H2,1-3H3. The molecule has 1 heterocycles. The first-order valence-electron chi connectivity index (χ1n) is 10.2. The number of alkyl halides is 3. The fourth-order valence-electron chi connectivity index (χ4n) is 4.36. The number of hydrogen-bond acceptors (Lipinski definition) is 6. The van der Waals surface area contributed by atoms with E-state index in [-0.39, 0.29) is 22.3 Å². The molecule has 1 aliphatic heterocycles. The lowest BCUT2D eigenvalue weighted by atomic mass is 9.76. The van der Waals surface area contributed by atoms with Gasteiger partial charge < -0.3 is 18.5 Å². The van der Waals surface area contributed by atoms with Gasteiger partial charge in [-0.3, -0.25) is 0 Å². The number of methoxy groups -OCH3 is 1. The van der Waals surface area contributed by atoms with E-state index in [1.807, 2.05) is 0 Å². The molecule has 1 aromatic carbocycles. The lowest BCUT2D eigenvalue weighted by molar-refractivity contribution is -0.154. The average Bonchev–Trinajstić information content (AvgIpc) is 2.90. The van der Waals surface area contributed by atoms with Gasteiger partial charge in [-0.2, -0.15) is 13.2 Å². The molecule has 5 nitrogen and oxygen atoms in total. The van der Waals surface area contributed by atoms with E-state index in [9.17, 15) is 18.0 Å². The van der Waals surface area contributed by atoms with Crippen molar-refractivity contribution >= 4 is 53.0 Å². The second-order valence-electron chi connectivity index (χ2n) is 8.34. The van der Waals surface area contributed by atoms with E-state index < -0.39 is 30.8 Å². The third-order valence-electron chi connectivity index (χ3n) is 5.57. The normalized spacial score (nSPS) is 25.3. The Balaban J connectivity index is 2.13. The van der Waals surface area contributed by atoms with Gasteiger partial charge in [0.15, 0.2) is 18.0 Å². The van der Waals surface area contributed by atoms with Crippen molar-refractivity contribution in [1.29, 1.82) is 0 Å². The minimum atomic E-state index is -4.58. The molecule has 0 radical (unpaired) electrons. The average molecular weight is 547 g/mol. The topological polar surface area (TPSA) is 54.0 Å². The second-order valence-corrected chi connectivity index (χ2v) is 13.2. The van der Waals surface area contributed by atoms with E-state index in [2.05, 4.69) is 0 Å². The molecule has 12 heteroatoms. The molecule has 2 aliphatic rings. The molecule has 1 spiro atoms. The number of aryl methyl sites for hydroxylation is 1. The SMILES string of the molecule is COCC1CCCC2(C1)OC(=O)C(c1c(C)cc(Cl)cc1Cl)=C2OP(C)(=S)OCC(F)(F)F. The third-order valence-corrected chi connectivity index (χ3v) is 7.74. The Kier molecular flexibility index (Phi) is 8.14. The molecule has 1 aromatic rings. The van der Waals surface area contributed by atoms with Crippen LogP contribution >= 0.6 is 29.7 Å². The highest BCUT2D eigenvalue weighted by atomic mass is 35.5. The van der Waals surface area contributed by atoms with Gasteiger partial charge in [0.2, 0.25) is 6.49 Å². The van der Waals surface area contributed by atoms with E-state index in [1.165, 1.54) is 12.7 Å². The van der Waals surface area contributed by atoms with Crippen LogP contribution in [0.25, 0.3) is 5.57 Å². The Morgan fingerprint density at radius 3 is 2.64 bits per heavy atom. The molecule has 0 amide bonds. The van der Waals surface area contributed by atoms with Gasteiger partial charge in [-0.1, -0.05) is 23.2 Å². The molecule has 1 saturated carbocycles. The van der Waals surface area contributed by atoms with E-state index >= 15 is 0 Å². The highest BCUT2D eigenvalue weighted by molar-refractivity contribution is 8.09. The van der Waals surface area contributed by atoms with E-state index in [1.54, 1.807) is 20.1 Å². The number of carbonyl (C=O) groups is 1. The molecule has 33 heavy (non-hydrogen) atoms. The van der Waals surface area contributed by atoms with Gasteiger partial charge in [-0.05, 0) is 68.0 Å². The zero-order valence-electron chi connectivity index (χ0n) is 18.3. The van der Waals surface area contributed by atoms with Crippen molar-refractivity contribution in [2.24, 2.45) is 5.92 Å². The van der Waals surface area contributed by atoms with Crippen LogP contribution in [-0.4, -0.2) is 44.7 Å². The van der Waals surface area contributed by atoms with Crippen molar-refractivity contribution in [1.82, 2.24) is 0 Å². The lowest BCUT2D eigenvalue weighted by Gasteiger charge is -2.38. The number of ether oxygens (including phenoxy) is 2. The summed E-state index contributed by atoms with van der Waals surface area (Å²) >= 11 is 17.8. The molecule has 0 bridgehead atoms. The van der Waals surface area contributed by atoms with Crippen molar-refractivity contribution in [3.8, 4) is 0 Å². The predicted octanol–water partition coefficient (Wildman–Crippen LogP) is 6.68. The van der Waals surface area contributed by atoms with Gasteiger partial charge in [0.1, 0.15) is 5.57 Å². The van der Waals surface area contributed by atoms with Gasteiger partial charge in [-0.25, -0.2) is 4.79 Å². The minimum Gasteiger partial charge on any atom is -0.447 e. The summed E-state index contributed by atoms with van der Waals surface area (Å²) in [5.74, 6) is -0.545. The molecule has 3 atom stereocenters. The Labute approximate surface area is 205 Å². The first-order valence-corrected chi connectivity index (χ1v) is 14.0. The van der Waals surface area contributed by atoms with Gasteiger partial charge in [0.25, 0.3) is 0 Å². The van der Waals surface area contributed by atoms with Crippen LogP contribution in [0.3, 0.4) is 0 Å². The summed E-state index contributed by atoms with van der Waals surface area (Å²) in [7, 11) is 1.58. The zero-order valence-corrected chi connectivity index (χ0v) is 21.5. The highest BCUT2D eigenvalue weighted by Gasteiger charge is 2.54. The van der Waals surface area contributed by atoms with Crippen molar-refractivity contribution in [3.63, 3.8) is 0 Å². The molecule has 0 saturated heterocycles. The lowest BCUT2D eigenvalue weighted by Crippen LogP contribution is -2.39. The number of hydrogen-bond donors (Lipinski definition) is 0. The number of benzene rings is 1. The Bertz CT molecular complexity index is 991. The predicted molar refractivity (Wildman–Crippen MR) is 124 cm³/mol. The summed E-state index contributed by atoms with van der Waals surface area (Å²) in [6.07, 6.45) is -2.22. The van der Waals surface area contributed by atoms with Crippen molar-refractivity contribution in [3.05, 3.63) is 39.1 Å². The molecule has 0 N–H and O–H groups in total. The molecular weight excluding hydrogens is 523 g/mol. The fraction of sp³-hybridized carbons (Fsp3) is 0.571. The highest BCUT2D eigenvalue weighted by Crippen LogP contribution is 2.57. The van der Waals surface area contributed by atoms with Gasteiger partial charge in [-0.15, -0.1) is 0 Å². The summed E-state index contributed by atoms with van der Waals surface area (Å²) in [6, 6.07) is 3.10. The largest absolute Gasteiger partial charge is 0.447 e. The maximum atomic E-state index is 13.2. The van der Waals surface area contributed by atoms with Gasteiger partial charge >= 0.3 is 12.1 Å². The van der Waals surface area contributed by atoms with Crippen molar-refractivity contribution in [2.75, 3.05) is 27.0 Å². The van der Waals surface area contributed by atoms with Crippen molar-refractivity contribution < 1.29 is 36.5 Å². The summed E-state index contributed by atoms with van der Waals surface area (Å²) < 4.78 is 60.5. The molecule has 184 valence electrons. The summed E-state index contributed by atoms with van der Waals surface area (Å²) in [5, 5.41) is 0.562. The molecule has 1 fully saturated rings. The first kappa shape index (κ1) is 26.8. The Morgan fingerprint density at radius 1 is 1.33 bits per heavy atom. The summed E-state index contributed by atoms with van der Waals surface area (Å²) in [4.78, 5) is 13.2. The minimum absolute atomic E-state index is 0.0407. The number of rotatable bonds is 7. The zero-order chi connectivity index (χ0) is 24.6. The molecular formula is C21H24Cl2F3O5PS. The van der Waals surface area contributed by atoms with E-state index in [4.69, 9.17) is 53.5 Å². The van der Waals surface area contributed by atoms with Gasteiger partial charge in [0.05, 0.1) is 5.02 Å². The van der Waals surface area contributed by atoms with E-state index in [0.717, 1.165) is 6.42 Å². The number of carbonyl (C=O) groups excluding carboxylic acids is 1. The van der Waals surface area contributed by atoms with Crippen LogP contribution < -0.4 is 0 Å². The van der Waals surface area contributed by atoms with Crippen LogP contribution in [0.2, 0.25) is 10.0 Å². The first-order chi connectivity index (χ1) is 15.3. The van der Waals surface area contributed by atoms with Crippen LogP contribution in [0.1, 0.15) is 36.8 Å². The monoisotopic (exact) mass is 546 g/mol. The van der Waals surface area contributed by atoms with Crippen LogP contribution in [0, 0.1) is 12.8 Å². The fourth-order valence-corrected chi connectivity index (χ4v) is 6.46. The maximum absolute atomic E-state index is 13.2. The number of esters is 1. The third kappa shape index (κ3) is 6.24. The smallest absolute Gasteiger partial charge is 0.412 e. The Hall–Kier alpha value is -0.830. The molecule has 3 rings (SSSR count). The van der Waals surface area contributed by atoms with Crippen molar-refractivity contribution in [2.45, 2.75) is 44.4 Å². The molecule has 3 unspecified atom stereocenters. The second kappa shape index (κ2) is 10.0. The van der Waals surface area contributed by atoms with Crippen LogP contribution in [0.4, 0.5) is 13.2 Å². The van der Waals surface area contributed by atoms with Crippen LogP contribution in [0.15, 0.2) is 17.9 Å². The molecule has 1 aliphatic carbocycles.